The maximum atomic E-state index is 6.13. The minimum atomic E-state index is 0.147. The third-order valence-corrected chi connectivity index (χ3v) is 5.01. The average Bonchev–Trinajstić information content (AvgIpc) is 2.66. The largest absolute Gasteiger partial charge is 0.370 e. The Balaban J connectivity index is 1.64. The number of fused-ring (bicyclic) bond motifs is 3. The van der Waals surface area contributed by atoms with Crippen molar-refractivity contribution < 1.29 is 4.74 Å². The second-order valence-electron chi connectivity index (χ2n) is 6.40. The molecule has 1 aromatic heterocycles. The maximum absolute atomic E-state index is 6.13. The molecule has 2 aromatic rings. The first-order chi connectivity index (χ1) is 11.8. The molecule has 3 heteroatoms. The molecule has 0 saturated carbocycles. The van der Waals surface area contributed by atoms with Crippen LogP contribution in [0.25, 0.3) is 0 Å². The van der Waals surface area contributed by atoms with Crippen LogP contribution in [0.1, 0.15) is 41.8 Å². The third kappa shape index (κ3) is 2.96. The fourth-order valence-corrected chi connectivity index (χ4v) is 3.77. The topological polar surface area (TPSA) is 25.4 Å². The zero-order valence-electron chi connectivity index (χ0n) is 14.0. The first-order valence-electron chi connectivity index (χ1n) is 8.76. The van der Waals surface area contributed by atoms with Crippen molar-refractivity contribution in [2.24, 2.45) is 0 Å². The first kappa shape index (κ1) is 15.4. The molecule has 24 heavy (non-hydrogen) atoms. The number of hydrogen-bond acceptors (Lipinski definition) is 3. The van der Waals surface area contributed by atoms with Gasteiger partial charge in [-0.1, -0.05) is 37.0 Å². The molecule has 2 aliphatic rings. The van der Waals surface area contributed by atoms with Crippen LogP contribution >= 0.6 is 0 Å². The van der Waals surface area contributed by atoms with E-state index in [1.807, 2.05) is 36.5 Å². The molecule has 3 nitrogen and oxygen atoms in total. The van der Waals surface area contributed by atoms with E-state index in [0.717, 1.165) is 43.7 Å². The van der Waals surface area contributed by atoms with Crippen molar-refractivity contribution in [3.63, 3.8) is 0 Å². The van der Waals surface area contributed by atoms with E-state index in [-0.39, 0.29) is 6.10 Å². The highest BCUT2D eigenvalue weighted by atomic mass is 16.5. The SMILES string of the molecule is CCN1CCO[C@@H]2c3cc(C#Cc4ccccc4)cnc3CC[C@@H]21. The quantitative estimate of drug-likeness (QED) is 0.755. The standard InChI is InChI=1S/C21H22N2O/c1-2-23-12-13-24-21-18-14-17(9-8-16-6-4-3-5-7-16)15-22-19(18)10-11-20(21)23/h3-7,14-15,20-21H,2,10-13H2,1H3/t20-,21+/m0/s1. The number of morpholine rings is 1. The summed E-state index contributed by atoms with van der Waals surface area (Å²) in [7, 11) is 0. The van der Waals surface area contributed by atoms with Gasteiger partial charge in [0.25, 0.3) is 0 Å². The Morgan fingerprint density at radius 2 is 2.04 bits per heavy atom. The highest BCUT2D eigenvalue weighted by Crippen LogP contribution is 2.37. The summed E-state index contributed by atoms with van der Waals surface area (Å²) in [5, 5.41) is 0. The fraction of sp³-hybridized carbons (Fsp3) is 0.381. The van der Waals surface area contributed by atoms with E-state index in [9.17, 15) is 0 Å². The Morgan fingerprint density at radius 3 is 2.88 bits per heavy atom. The summed E-state index contributed by atoms with van der Waals surface area (Å²) < 4.78 is 6.13. The number of nitrogens with zero attached hydrogens (tertiary/aromatic N) is 2. The van der Waals surface area contributed by atoms with Gasteiger partial charge in [-0.3, -0.25) is 9.88 Å². The molecule has 4 rings (SSSR count). The predicted molar refractivity (Wildman–Crippen MR) is 94.7 cm³/mol. The summed E-state index contributed by atoms with van der Waals surface area (Å²) in [6.07, 6.45) is 4.21. The molecule has 2 heterocycles. The van der Waals surface area contributed by atoms with Crippen LogP contribution in [0.5, 0.6) is 0 Å². The van der Waals surface area contributed by atoms with Crippen molar-refractivity contribution in [1.82, 2.24) is 9.88 Å². The summed E-state index contributed by atoms with van der Waals surface area (Å²) in [5.74, 6) is 6.47. The molecule has 1 aromatic carbocycles. The number of ether oxygens (including phenoxy) is 1. The van der Waals surface area contributed by atoms with Crippen LogP contribution in [-0.2, 0) is 11.2 Å². The van der Waals surface area contributed by atoms with Crippen molar-refractivity contribution in [3.05, 3.63) is 65.0 Å². The molecular weight excluding hydrogens is 296 g/mol. The van der Waals surface area contributed by atoms with Crippen LogP contribution in [0, 0.1) is 11.8 Å². The van der Waals surface area contributed by atoms with Gasteiger partial charge in [0.05, 0.1) is 12.7 Å². The van der Waals surface area contributed by atoms with Crippen LogP contribution in [0.3, 0.4) is 0 Å². The summed E-state index contributed by atoms with van der Waals surface area (Å²) in [6, 6.07) is 12.7. The number of likely N-dealkylation sites (N-methyl/N-ethyl adjacent to an activating group) is 1. The normalized spacial score (nSPS) is 22.9. The molecule has 0 amide bonds. The van der Waals surface area contributed by atoms with Gasteiger partial charge in [0.2, 0.25) is 0 Å². The Kier molecular flexibility index (Phi) is 4.34. The molecule has 1 saturated heterocycles. The molecule has 0 unspecified atom stereocenters. The Morgan fingerprint density at radius 1 is 1.21 bits per heavy atom. The molecule has 0 N–H and O–H groups in total. The number of benzene rings is 1. The van der Waals surface area contributed by atoms with Gasteiger partial charge in [0, 0.05) is 41.2 Å². The van der Waals surface area contributed by atoms with Crippen LogP contribution in [0.4, 0.5) is 0 Å². The summed E-state index contributed by atoms with van der Waals surface area (Å²) in [5.41, 5.74) is 4.42. The monoisotopic (exact) mass is 318 g/mol. The molecule has 1 fully saturated rings. The number of hydrogen-bond donors (Lipinski definition) is 0. The van der Waals surface area contributed by atoms with E-state index in [4.69, 9.17) is 4.74 Å². The molecule has 2 atom stereocenters. The highest BCUT2D eigenvalue weighted by Gasteiger charge is 2.37. The Labute approximate surface area is 143 Å². The van der Waals surface area contributed by atoms with Crippen LogP contribution in [0.2, 0.25) is 0 Å². The van der Waals surface area contributed by atoms with Gasteiger partial charge in [-0.25, -0.2) is 0 Å². The summed E-state index contributed by atoms with van der Waals surface area (Å²) in [6.45, 7) is 5.15. The lowest BCUT2D eigenvalue weighted by Crippen LogP contribution is -2.49. The molecule has 122 valence electrons. The molecule has 1 aliphatic heterocycles. The molecule has 0 bridgehead atoms. The first-order valence-corrected chi connectivity index (χ1v) is 8.76. The molecule has 1 aliphatic carbocycles. The Hall–Kier alpha value is -2.15. The van der Waals surface area contributed by atoms with Crippen molar-refractivity contribution in [2.45, 2.75) is 31.9 Å². The van der Waals surface area contributed by atoms with Crippen LogP contribution in [-0.4, -0.2) is 35.6 Å². The smallest absolute Gasteiger partial charge is 0.0998 e. The van der Waals surface area contributed by atoms with Gasteiger partial charge in [-0.2, -0.15) is 0 Å². The van der Waals surface area contributed by atoms with Crippen molar-refractivity contribution >= 4 is 0 Å². The van der Waals surface area contributed by atoms with Crippen LogP contribution < -0.4 is 0 Å². The predicted octanol–water partition coefficient (Wildman–Crippen LogP) is 3.19. The molecule has 0 radical (unpaired) electrons. The third-order valence-electron chi connectivity index (χ3n) is 5.01. The van der Waals surface area contributed by atoms with E-state index in [1.54, 1.807) is 0 Å². The summed E-state index contributed by atoms with van der Waals surface area (Å²) >= 11 is 0. The minimum absolute atomic E-state index is 0.147. The number of pyridine rings is 1. The van der Waals surface area contributed by atoms with Crippen molar-refractivity contribution in [1.29, 1.82) is 0 Å². The number of aromatic nitrogens is 1. The van der Waals surface area contributed by atoms with Gasteiger partial charge in [-0.05, 0) is 37.6 Å². The van der Waals surface area contributed by atoms with E-state index in [1.165, 1.54) is 11.3 Å². The number of aryl methyl sites for hydroxylation is 1. The zero-order chi connectivity index (χ0) is 16.4. The average molecular weight is 318 g/mol. The van der Waals surface area contributed by atoms with E-state index in [0.29, 0.717) is 6.04 Å². The Bertz CT molecular complexity index is 775. The van der Waals surface area contributed by atoms with Gasteiger partial charge in [0.15, 0.2) is 0 Å². The van der Waals surface area contributed by atoms with Gasteiger partial charge < -0.3 is 4.74 Å². The second-order valence-corrected chi connectivity index (χ2v) is 6.40. The second kappa shape index (κ2) is 6.76. The van der Waals surface area contributed by atoms with Crippen molar-refractivity contribution in [2.75, 3.05) is 19.7 Å². The van der Waals surface area contributed by atoms with E-state index < -0.39 is 0 Å². The zero-order valence-corrected chi connectivity index (χ0v) is 14.0. The summed E-state index contributed by atoms with van der Waals surface area (Å²) in [4.78, 5) is 7.21. The minimum Gasteiger partial charge on any atom is -0.370 e. The number of rotatable bonds is 1. The highest BCUT2D eigenvalue weighted by molar-refractivity contribution is 5.44. The van der Waals surface area contributed by atoms with Crippen LogP contribution in [0.15, 0.2) is 42.6 Å². The maximum Gasteiger partial charge on any atom is 0.0998 e. The fourth-order valence-electron chi connectivity index (χ4n) is 3.77. The lowest BCUT2D eigenvalue weighted by molar-refractivity contribution is -0.0788. The van der Waals surface area contributed by atoms with Gasteiger partial charge in [0.1, 0.15) is 0 Å². The van der Waals surface area contributed by atoms with Gasteiger partial charge in [-0.15, -0.1) is 0 Å². The molecular formula is C21H22N2O. The van der Waals surface area contributed by atoms with Gasteiger partial charge >= 0.3 is 0 Å². The lowest BCUT2D eigenvalue weighted by Gasteiger charge is -2.43. The van der Waals surface area contributed by atoms with E-state index in [2.05, 4.69) is 34.7 Å². The van der Waals surface area contributed by atoms with E-state index >= 15 is 0 Å². The van der Waals surface area contributed by atoms with Crippen molar-refractivity contribution in [3.8, 4) is 11.8 Å². The molecule has 0 spiro atoms. The lowest BCUT2D eigenvalue weighted by atomic mass is 9.86.